The second-order valence-electron chi connectivity index (χ2n) is 10.5. The first-order valence-corrected chi connectivity index (χ1v) is 15.2. The fourth-order valence-electron chi connectivity index (χ4n) is 4.61. The van der Waals surface area contributed by atoms with Crippen molar-refractivity contribution in [3.63, 3.8) is 0 Å². The minimum absolute atomic E-state index is 0.0126. The van der Waals surface area contributed by atoms with Gasteiger partial charge in [0, 0.05) is 24.2 Å². The van der Waals surface area contributed by atoms with Crippen molar-refractivity contribution in [2.45, 2.75) is 0 Å². The van der Waals surface area contributed by atoms with E-state index in [1.165, 1.54) is 7.11 Å². The monoisotopic (exact) mass is 646 g/mol. The predicted molar refractivity (Wildman–Crippen MR) is 180 cm³/mol. The van der Waals surface area contributed by atoms with Gasteiger partial charge in [0.1, 0.15) is 17.1 Å². The fourth-order valence-corrected chi connectivity index (χ4v) is 4.61. The molecule has 0 aromatic heterocycles. The number of amides is 4. The zero-order valence-corrected chi connectivity index (χ0v) is 26.2. The number of carbonyl (C=O) groups is 4. The maximum atomic E-state index is 13.3. The lowest BCUT2D eigenvalue weighted by Gasteiger charge is -2.13. The summed E-state index contributed by atoms with van der Waals surface area (Å²) in [7, 11) is 1.51. The molecule has 0 saturated carbocycles. The summed E-state index contributed by atoms with van der Waals surface area (Å²) < 4.78 is 17.3. The van der Waals surface area contributed by atoms with Crippen molar-refractivity contribution in [1.29, 1.82) is 0 Å². The van der Waals surface area contributed by atoms with Gasteiger partial charge < -0.3 is 35.5 Å². The van der Waals surface area contributed by atoms with E-state index in [0.29, 0.717) is 39.5 Å². The van der Waals surface area contributed by atoms with E-state index in [1.54, 1.807) is 115 Å². The largest absolute Gasteiger partial charge is 0.493 e. The summed E-state index contributed by atoms with van der Waals surface area (Å²) in [5.41, 5.74) is 2.04. The van der Waals surface area contributed by atoms with E-state index in [4.69, 9.17) is 14.2 Å². The van der Waals surface area contributed by atoms with E-state index in [0.717, 1.165) is 0 Å². The smallest absolute Gasteiger partial charge is 0.267 e. The number of nitrogens with one attached hydrogen (secondary N) is 4. The molecule has 244 valence electrons. The Morgan fingerprint density at radius 2 is 1.17 bits per heavy atom. The molecule has 2 heterocycles. The van der Waals surface area contributed by atoms with Crippen molar-refractivity contribution in [3.8, 4) is 17.2 Å². The molecule has 4 aromatic carbocycles. The van der Waals surface area contributed by atoms with Crippen molar-refractivity contribution in [2.75, 3.05) is 33.4 Å². The molecule has 48 heavy (non-hydrogen) atoms. The molecule has 2 aliphatic heterocycles. The number of fused-ring (bicyclic) bond motifs is 12. The lowest BCUT2D eigenvalue weighted by molar-refractivity contribution is -0.118. The van der Waals surface area contributed by atoms with Crippen LogP contribution in [-0.2, 0) is 14.3 Å². The number of rotatable bonds is 5. The van der Waals surface area contributed by atoms with Crippen molar-refractivity contribution in [2.24, 2.45) is 0 Å². The molecule has 0 radical (unpaired) electrons. The first-order valence-electron chi connectivity index (χ1n) is 15.2. The number of benzene rings is 4. The van der Waals surface area contributed by atoms with Crippen LogP contribution in [0.15, 0.2) is 115 Å². The molecule has 0 fully saturated rings. The van der Waals surface area contributed by atoms with Gasteiger partial charge in [-0.05, 0) is 71.8 Å². The van der Waals surface area contributed by atoms with Crippen LogP contribution < -0.4 is 30.7 Å². The molecule has 11 nitrogen and oxygen atoms in total. The Hall–Kier alpha value is -6.20. The van der Waals surface area contributed by atoms with Crippen molar-refractivity contribution in [1.82, 2.24) is 21.3 Å². The summed E-state index contributed by atoms with van der Waals surface area (Å²) in [5.74, 6) is -0.661. The highest BCUT2D eigenvalue weighted by Crippen LogP contribution is 2.33. The van der Waals surface area contributed by atoms with Gasteiger partial charge in [0.05, 0.1) is 20.3 Å². The lowest BCUT2D eigenvalue weighted by Crippen LogP contribution is -2.37. The van der Waals surface area contributed by atoms with E-state index in [1.807, 2.05) is 0 Å². The summed E-state index contributed by atoms with van der Waals surface area (Å²) in [4.78, 5) is 52.3. The van der Waals surface area contributed by atoms with E-state index in [9.17, 15) is 19.2 Å². The van der Waals surface area contributed by atoms with Crippen molar-refractivity contribution < 1.29 is 33.4 Å². The van der Waals surface area contributed by atoms with E-state index in [-0.39, 0.29) is 37.7 Å². The lowest BCUT2D eigenvalue weighted by atomic mass is 10.1. The topological polar surface area (TPSA) is 144 Å². The summed E-state index contributed by atoms with van der Waals surface area (Å²) in [6.45, 7) is 0.569. The molecule has 4 N–H and O–H groups in total. The Morgan fingerprint density at radius 1 is 0.667 bits per heavy atom. The number of hydrogen-bond acceptors (Lipinski definition) is 7. The third-order valence-corrected chi connectivity index (χ3v) is 7.04. The average molecular weight is 647 g/mol. The number of ether oxygens (including phenoxy) is 3. The minimum atomic E-state index is -0.528. The molecule has 4 amide bonds. The molecule has 0 atom stereocenters. The van der Waals surface area contributed by atoms with Crippen LogP contribution in [0, 0.1) is 0 Å². The van der Waals surface area contributed by atoms with Gasteiger partial charge in [-0.2, -0.15) is 0 Å². The molecular formula is C37H34N4O7. The van der Waals surface area contributed by atoms with Crippen LogP contribution >= 0.6 is 0 Å². The highest BCUT2D eigenvalue weighted by molar-refractivity contribution is 6.06. The van der Waals surface area contributed by atoms with E-state index in [2.05, 4.69) is 21.3 Å². The average Bonchev–Trinajstić information content (AvgIpc) is 3.11. The first kappa shape index (κ1) is 33.2. The molecule has 11 heteroatoms. The summed E-state index contributed by atoms with van der Waals surface area (Å²) in [6.07, 6.45) is 3.11. The molecule has 4 aromatic rings. The first-order chi connectivity index (χ1) is 23.4. The van der Waals surface area contributed by atoms with Crippen LogP contribution in [0.5, 0.6) is 17.2 Å². The highest BCUT2D eigenvalue weighted by atomic mass is 16.5. The number of carbonyl (C=O) groups excluding carboxylic acids is 4. The minimum Gasteiger partial charge on any atom is -0.493 e. The van der Waals surface area contributed by atoms with Gasteiger partial charge in [0.15, 0.2) is 11.5 Å². The van der Waals surface area contributed by atoms with Gasteiger partial charge in [0.25, 0.3) is 23.6 Å². The molecule has 6 rings (SSSR count). The Morgan fingerprint density at radius 3 is 1.69 bits per heavy atom. The van der Waals surface area contributed by atoms with Gasteiger partial charge in [0.2, 0.25) is 0 Å². The Kier molecular flexibility index (Phi) is 11.3. The predicted octanol–water partition coefficient (Wildman–Crippen LogP) is 4.29. The second-order valence-corrected chi connectivity index (χ2v) is 10.5. The summed E-state index contributed by atoms with van der Waals surface area (Å²) in [6, 6.07) is 29.1. The summed E-state index contributed by atoms with van der Waals surface area (Å²) >= 11 is 0. The second kappa shape index (κ2) is 16.4. The zero-order valence-electron chi connectivity index (χ0n) is 26.2. The number of methoxy groups -OCH3 is 1. The standard InChI is InChI=1S/C37H34N4O7/c1-46-32-17-14-26-23-31(41-35(43)28-10-6-3-7-11-28)37(45)39-19-21-47-20-18-38-36(44)30(40-34(42)27-8-4-2-5-9-27)22-25-12-15-29(16-13-25)48-33(32)24-26/h2-17,22-24H,18-21H2,1H3,(H,38,44)(H,39,45)(H,40,42)(H,41,43)/b30-22?,31-23+. The van der Waals surface area contributed by atoms with Crippen LogP contribution in [0.2, 0.25) is 0 Å². The number of hydrogen-bond donors (Lipinski definition) is 4. The highest BCUT2D eigenvalue weighted by Gasteiger charge is 2.17. The Bertz CT molecular complexity index is 1820. The van der Waals surface area contributed by atoms with Gasteiger partial charge in [-0.25, -0.2) is 0 Å². The molecule has 2 aliphatic rings. The van der Waals surface area contributed by atoms with Gasteiger partial charge in [-0.3, -0.25) is 19.2 Å². The van der Waals surface area contributed by atoms with E-state index >= 15 is 0 Å². The fraction of sp³-hybridized carbons (Fsp3) is 0.135. The van der Waals surface area contributed by atoms with Crippen LogP contribution in [0.1, 0.15) is 31.8 Å². The van der Waals surface area contributed by atoms with Crippen molar-refractivity contribution in [3.05, 3.63) is 137 Å². The molecule has 0 aliphatic carbocycles. The summed E-state index contributed by atoms with van der Waals surface area (Å²) in [5, 5.41) is 10.9. The van der Waals surface area contributed by atoms with Gasteiger partial charge in [-0.15, -0.1) is 0 Å². The maximum Gasteiger partial charge on any atom is 0.267 e. The van der Waals surface area contributed by atoms with Crippen LogP contribution in [0.4, 0.5) is 0 Å². The van der Waals surface area contributed by atoms with Crippen molar-refractivity contribution >= 4 is 35.8 Å². The molecule has 4 bridgehead atoms. The van der Waals surface area contributed by atoms with Crippen LogP contribution in [0.25, 0.3) is 12.2 Å². The normalized spacial score (nSPS) is 15.2. The third kappa shape index (κ3) is 9.18. The maximum absolute atomic E-state index is 13.3. The van der Waals surface area contributed by atoms with Gasteiger partial charge >= 0.3 is 0 Å². The van der Waals surface area contributed by atoms with E-state index < -0.39 is 23.6 Å². The van der Waals surface area contributed by atoms with Crippen LogP contribution in [0.3, 0.4) is 0 Å². The van der Waals surface area contributed by atoms with Gasteiger partial charge in [-0.1, -0.05) is 54.6 Å². The molecule has 0 unspecified atom stereocenters. The Balaban J connectivity index is 1.45. The Labute approximate surface area is 277 Å². The zero-order chi connectivity index (χ0) is 33.7. The SMILES string of the molecule is COc1ccc2cc1Oc1ccc(cc1)C=C(NC(=O)c1ccccc1)C(=O)NCCOCCNC(=O)/C(NC(=O)c1ccccc1)=C\2. The third-order valence-electron chi connectivity index (χ3n) is 7.04. The molecule has 0 spiro atoms. The quantitative estimate of drug-likeness (QED) is 0.237. The molecule has 0 saturated heterocycles. The molecular weight excluding hydrogens is 612 g/mol. The van der Waals surface area contributed by atoms with Crippen LogP contribution in [-0.4, -0.2) is 57.0 Å².